The molecule has 1 rings (SSSR count). The predicted molar refractivity (Wildman–Crippen MR) is 71.2 cm³/mol. The number of anilines is 1. The van der Waals surface area contributed by atoms with Crippen LogP contribution in [0, 0.1) is 5.92 Å². The van der Waals surface area contributed by atoms with Gasteiger partial charge in [-0.05, 0) is 37.1 Å². The Morgan fingerprint density at radius 1 is 1.06 bits per heavy atom. The number of nitrogens with two attached hydrogens (primary N) is 1. The number of rotatable bonds is 7. The summed E-state index contributed by atoms with van der Waals surface area (Å²) < 4.78 is 11.2. The minimum Gasteiger partial charge on any atom is -0.494 e. The molecule has 0 radical (unpaired) electrons. The fourth-order valence-electron chi connectivity index (χ4n) is 1.27. The van der Waals surface area contributed by atoms with Crippen molar-refractivity contribution in [2.75, 3.05) is 18.9 Å². The molecule has 0 spiro atoms. The molecule has 0 fully saturated rings. The third-order valence-corrected chi connectivity index (χ3v) is 2.76. The lowest BCUT2D eigenvalue weighted by atomic mass is 10.1. The minimum absolute atomic E-state index is 0.312. The molecule has 96 valence electrons. The van der Waals surface area contributed by atoms with Crippen LogP contribution >= 0.6 is 0 Å². The Kier molecular flexibility index (Phi) is 5.84. The molecule has 3 heteroatoms. The number of ether oxygens (including phenoxy) is 2. The van der Waals surface area contributed by atoms with Crippen molar-refractivity contribution < 1.29 is 9.47 Å². The minimum atomic E-state index is 0.312. The van der Waals surface area contributed by atoms with Crippen LogP contribution in [0.4, 0.5) is 5.69 Å². The summed E-state index contributed by atoms with van der Waals surface area (Å²) in [6.45, 7) is 7.85. The molecular formula is C14H23NO2. The van der Waals surface area contributed by atoms with E-state index in [2.05, 4.69) is 20.8 Å². The van der Waals surface area contributed by atoms with Crippen molar-refractivity contribution in [1.29, 1.82) is 0 Å². The molecule has 0 aliphatic carbocycles. The van der Waals surface area contributed by atoms with Gasteiger partial charge in [0, 0.05) is 12.1 Å². The Morgan fingerprint density at radius 2 is 1.71 bits per heavy atom. The average molecular weight is 237 g/mol. The molecule has 3 nitrogen and oxygen atoms in total. The third kappa shape index (κ3) is 5.59. The van der Waals surface area contributed by atoms with Crippen LogP contribution in [-0.4, -0.2) is 19.3 Å². The van der Waals surface area contributed by atoms with Gasteiger partial charge in [-0.15, -0.1) is 0 Å². The van der Waals surface area contributed by atoms with Crippen LogP contribution in [0.1, 0.15) is 27.2 Å². The highest BCUT2D eigenvalue weighted by molar-refractivity contribution is 5.41. The van der Waals surface area contributed by atoms with E-state index in [1.54, 1.807) is 0 Å². The molecule has 0 saturated heterocycles. The summed E-state index contributed by atoms with van der Waals surface area (Å²) in [6.07, 6.45) is 1.22. The highest BCUT2D eigenvalue weighted by Crippen LogP contribution is 2.13. The van der Waals surface area contributed by atoms with Gasteiger partial charge in [0.15, 0.2) is 0 Å². The fraction of sp³-hybridized carbons (Fsp3) is 0.571. The lowest BCUT2D eigenvalue weighted by molar-refractivity contribution is 0.0291. The molecule has 0 amide bonds. The summed E-state index contributed by atoms with van der Waals surface area (Å²) >= 11 is 0. The van der Waals surface area contributed by atoms with Gasteiger partial charge in [-0.25, -0.2) is 0 Å². The zero-order valence-corrected chi connectivity index (χ0v) is 11.0. The van der Waals surface area contributed by atoms with Crippen LogP contribution in [0.3, 0.4) is 0 Å². The Labute approximate surface area is 104 Å². The second kappa shape index (κ2) is 7.17. The summed E-state index contributed by atoms with van der Waals surface area (Å²) in [5.74, 6) is 1.42. The Balaban J connectivity index is 2.10. The van der Waals surface area contributed by atoms with Gasteiger partial charge >= 0.3 is 0 Å². The summed E-state index contributed by atoms with van der Waals surface area (Å²) in [5.41, 5.74) is 6.35. The van der Waals surface area contributed by atoms with Gasteiger partial charge < -0.3 is 15.2 Å². The molecule has 17 heavy (non-hydrogen) atoms. The second-order valence-electron chi connectivity index (χ2n) is 4.59. The van der Waals surface area contributed by atoms with Gasteiger partial charge in [0.1, 0.15) is 5.75 Å². The highest BCUT2D eigenvalue weighted by atomic mass is 16.5. The van der Waals surface area contributed by atoms with Crippen LogP contribution in [0.5, 0.6) is 5.75 Å². The molecule has 0 heterocycles. The van der Waals surface area contributed by atoms with Crippen LogP contribution in [0.2, 0.25) is 0 Å². The van der Waals surface area contributed by atoms with Gasteiger partial charge in [-0.2, -0.15) is 0 Å². The molecule has 1 aromatic carbocycles. The zero-order chi connectivity index (χ0) is 12.7. The van der Waals surface area contributed by atoms with E-state index in [0.717, 1.165) is 24.5 Å². The van der Waals surface area contributed by atoms with Crippen LogP contribution in [0.15, 0.2) is 24.3 Å². The molecule has 0 aliphatic rings. The molecule has 0 saturated carbocycles. The summed E-state index contributed by atoms with van der Waals surface area (Å²) in [6, 6.07) is 7.44. The third-order valence-electron chi connectivity index (χ3n) is 2.76. The first-order valence-electron chi connectivity index (χ1n) is 6.19. The van der Waals surface area contributed by atoms with Gasteiger partial charge in [0.25, 0.3) is 0 Å². The maximum atomic E-state index is 5.66. The standard InChI is InChI=1S/C14H23NO2/c1-11(2)12(3)16-9-4-10-17-14-7-5-13(15)6-8-14/h5-8,11-12H,4,9-10,15H2,1-3H3. The second-order valence-corrected chi connectivity index (χ2v) is 4.59. The Morgan fingerprint density at radius 3 is 2.29 bits per heavy atom. The zero-order valence-electron chi connectivity index (χ0n) is 11.0. The average Bonchev–Trinajstić information content (AvgIpc) is 2.30. The monoisotopic (exact) mass is 237 g/mol. The van der Waals surface area contributed by atoms with Gasteiger partial charge in [-0.1, -0.05) is 13.8 Å². The smallest absolute Gasteiger partial charge is 0.119 e. The van der Waals surface area contributed by atoms with Crippen molar-refractivity contribution in [3.63, 3.8) is 0 Å². The van der Waals surface area contributed by atoms with Gasteiger partial charge in [0.2, 0.25) is 0 Å². The molecule has 0 bridgehead atoms. The van der Waals surface area contributed by atoms with Crippen molar-refractivity contribution in [2.24, 2.45) is 5.92 Å². The molecule has 1 atom stereocenters. The lowest BCUT2D eigenvalue weighted by Crippen LogP contribution is -2.17. The van der Waals surface area contributed by atoms with Crippen molar-refractivity contribution in [1.82, 2.24) is 0 Å². The maximum Gasteiger partial charge on any atom is 0.119 e. The van der Waals surface area contributed by atoms with Crippen molar-refractivity contribution in [3.05, 3.63) is 24.3 Å². The first-order valence-corrected chi connectivity index (χ1v) is 6.19. The highest BCUT2D eigenvalue weighted by Gasteiger charge is 2.06. The van der Waals surface area contributed by atoms with E-state index < -0.39 is 0 Å². The van der Waals surface area contributed by atoms with E-state index in [-0.39, 0.29) is 0 Å². The van der Waals surface area contributed by atoms with E-state index >= 15 is 0 Å². The molecule has 1 aromatic rings. The fourth-order valence-corrected chi connectivity index (χ4v) is 1.27. The molecule has 0 aromatic heterocycles. The first-order chi connectivity index (χ1) is 8.09. The summed E-state index contributed by atoms with van der Waals surface area (Å²) in [4.78, 5) is 0. The van der Waals surface area contributed by atoms with E-state index in [0.29, 0.717) is 18.6 Å². The SMILES string of the molecule is CC(C)C(C)OCCCOc1ccc(N)cc1. The predicted octanol–water partition coefficient (Wildman–Crippen LogP) is 3.10. The van der Waals surface area contributed by atoms with E-state index in [1.165, 1.54) is 0 Å². The van der Waals surface area contributed by atoms with Gasteiger partial charge in [-0.3, -0.25) is 0 Å². The lowest BCUT2D eigenvalue weighted by Gasteiger charge is -2.16. The molecule has 1 unspecified atom stereocenters. The van der Waals surface area contributed by atoms with Crippen molar-refractivity contribution in [3.8, 4) is 5.75 Å². The number of hydrogen-bond donors (Lipinski definition) is 1. The van der Waals surface area contributed by atoms with Crippen molar-refractivity contribution >= 4 is 5.69 Å². The maximum absolute atomic E-state index is 5.66. The van der Waals surface area contributed by atoms with Crippen LogP contribution < -0.4 is 10.5 Å². The normalized spacial score (nSPS) is 12.7. The molecule has 0 aliphatic heterocycles. The van der Waals surface area contributed by atoms with Crippen LogP contribution in [-0.2, 0) is 4.74 Å². The summed E-state index contributed by atoms with van der Waals surface area (Å²) in [7, 11) is 0. The Bertz CT molecular complexity index is 309. The van der Waals surface area contributed by atoms with Crippen molar-refractivity contribution in [2.45, 2.75) is 33.3 Å². The topological polar surface area (TPSA) is 44.5 Å². The van der Waals surface area contributed by atoms with Crippen LogP contribution in [0.25, 0.3) is 0 Å². The first kappa shape index (κ1) is 13.8. The number of hydrogen-bond acceptors (Lipinski definition) is 3. The molecule has 2 N–H and O–H groups in total. The van der Waals surface area contributed by atoms with E-state index in [4.69, 9.17) is 15.2 Å². The Hall–Kier alpha value is -1.22. The quantitative estimate of drug-likeness (QED) is 0.585. The number of benzene rings is 1. The number of nitrogen functional groups attached to an aromatic ring is 1. The molecular weight excluding hydrogens is 214 g/mol. The largest absolute Gasteiger partial charge is 0.494 e. The van der Waals surface area contributed by atoms with E-state index in [1.807, 2.05) is 24.3 Å². The summed E-state index contributed by atoms with van der Waals surface area (Å²) in [5, 5.41) is 0. The van der Waals surface area contributed by atoms with Gasteiger partial charge in [0.05, 0.1) is 19.3 Å². The van der Waals surface area contributed by atoms with E-state index in [9.17, 15) is 0 Å².